The molecule has 4 heteroatoms. The molecule has 1 aliphatic rings. The summed E-state index contributed by atoms with van der Waals surface area (Å²) in [7, 11) is 0. The van der Waals surface area contributed by atoms with Gasteiger partial charge in [0.1, 0.15) is 5.76 Å². The first kappa shape index (κ1) is 10.2. The summed E-state index contributed by atoms with van der Waals surface area (Å²) in [4.78, 5) is 11.8. The molecule has 2 heterocycles. The first-order chi connectivity index (χ1) is 7.27. The number of amides is 1. The third-order valence-corrected chi connectivity index (χ3v) is 2.76. The van der Waals surface area contributed by atoms with Gasteiger partial charge in [-0.05, 0) is 32.0 Å². The molecular weight excluding hydrogens is 192 g/mol. The molecule has 2 atom stereocenters. The quantitative estimate of drug-likeness (QED) is 0.781. The van der Waals surface area contributed by atoms with E-state index in [9.17, 15) is 4.79 Å². The zero-order valence-electron chi connectivity index (χ0n) is 8.82. The highest BCUT2D eigenvalue weighted by Crippen LogP contribution is 2.14. The lowest BCUT2D eigenvalue weighted by atomic mass is 10.1. The van der Waals surface area contributed by atoms with E-state index in [4.69, 9.17) is 4.42 Å². The summed E-state index contributed by atoms with van der Waals surface area (Å²) in [6, 6.07) is 3.65. The lowest BCUT2D eigenvalue weighted by Gasteiger charge is -2.14. The molecule has 0 bridgehead atoms. The topological polar surface area (TPSA) is 54.3 Å². The second kappa shape index (κ2) is 4.49. The van der Waals surface area contributed by atoms with Gasteiger partial charge < -0.3 is 15.1 Å². The monoisotopic (exact) mass is 208 g/mol. The fraction of sp³-hybridized carbons (Fsp3) is 0.545. The van der Waals surface area contributed by atoms with Crippen molar-refractivity contribution in [1.29, 1.82) is 0 Å². The predicted octanol–water partition coefficient (Wildman–Crippen LogP) is 1.07. The van der Waals surface area contributed by atoms with E-state index >= 15 is 0 Å². The summed E-state index contributed by atoms with van der Waals surface area (Å²) in [5.74, 6) is 1.03. The third-order valence-electron chi connectivity index (χ3n) is 2.76. The molecule has 15 heavy (non-hydrogen) atoms. The van der Waals surface area contributed by atoms with Crippen LogP contribution in [0, 0.1) is 5.92 Å². The van der Waals surface area contributed by atoms with Crippen molar-refractivity contribution in [2.24, 2.45) is 5.92 Å². The Hall–Kier alpha value is -1.29. The number of furan rings is 1. The Labute approximate surface area is 89.0 Å². The molecular formula is C11H16N2O2. The molecule has 4 nitrogen and oxygen atoms in total. The molecule has 0 aromatic carbocycles. The molecule has 0 radical (unpaired) electrons. The van der Waals surface area contributed by atoms with Crippen molar-refractivity contribution in [3.63, 3.8) is 0 Å². The van der Waals surface area contributed by atoms with Crippen molar-refractivity contribution in [2.75, 3.05) is 13.1 Å². The maximum absolute atomic E-state index is 11.8. The molecule has 2 rings (SSSR count). The van der Waals surface area contributed by atoms with Crippen LogP contribution in [-0.2, 0) is 4.79 Å². The summed E-state index contributed by atoms with van der Waals surface area (Å²) in [6.07, 6.45) is 2.55. The van der Waals surface area contributed by atoms with Gasteiger partial charge in [-0.25, -0.2) is 0 Å². The van der Waals surface area contributed by atoms with E-state index in [-0.39, 0.29) is 17.9 Å². The van der Waals surface area contributed by atoms with Crippen molar-refractivity contribution in [2.45, 2.75) is 19.4 Å². The van der Waals surface area contributed by atoms with Crippen LogP contribution >= 0.6 is 0 Å². The zero-order valence-corrected chi connectivity index (χ0v) is 8.82. The van der Waals surface area contributed by atoms with Crippen LogP contribution in [0.4, 0.5) is 0 Å². The van der Waals surface area contributed by atoms with E-state index in [2.05, 4.69) is 10.6 Å². The summed E-state index contributed by atoms with van der Waals surface area (Å²) in [6.45, 7) is 3.66. The van der Waals surface area contributed by atoms with E-state index in [0.717, 1.165) is 25.3 Å². The smallest absolute Gasteiger partial charge is 0.225 e. The molecule has 1 aromatic rings. The van der Waals surface area contributed by atoms with Crippen LogP contribution in [0.5, 0.6) is 0 Å². The molecule has 1 fully saturated rings. The van der Waals surface area contributed by atoms with Crippen LogP contribution in [0.25, 0.3) is 0 Å². The number of carbonyl (C=O) groups is 1. The van der Waals surface area contributed by atoms with Gasteiger partial charge in [0.15, 0.2) is 0 Å². The average Bonchev–Trinajstić information content (AvgIpc) is 2.91. The maximum atomic E-state index is 11.8. The minimum absolute atomic E-state index is 0.0481. The van der Waals surface area contributed by atoms with Gasteiger partial charge in [-0.15, -0.1) is 0 Å². The van der Waals surface area contributed by atoms with Gasteiger partial charge in [0.2, 0.25) is 5.91 Å². The van der Waals surface area contributed by atoms with Crippen molar-refractivity contribution in [3.05, 3.63) is 24.2 Å². The second-order valence-electron chi connectivity index (χ2n) is 3.94. The number of nitrogens with one attached hydrogen (secondary N) is 2. The van der Waals surface area contributed by atoms with Gasteiger partial charge in [-0.1, -0.05) is 0 Å². The highest BCUT2D eigenvalue weighted by molar-refractivity contribution is 5.79. The Morgan fingerprint density at radius 3 is 3.20 bits per heavy atom. The molecule has 2 N–H and O–H groups in total. The summed E-state index contributed by atoms with van der Waals surface area (Å²) < 4.78 is 5.23. The summed E-state index contributed by atoms with van der Waals surface area (Å²) in [5.41, 5.74) is 0. The highest BCUT2D eigenvalue weighted by atomic mass is 16.3. The lowest BCUT2D eigenvalue weighted by Crippen LogP contribution is -2.33. The number of rotatable bonds is 3. The largest absolute Gasteiger partial charge is 0.467 e. The van der Waals surface area contributed by atoms with Gasteiger partial charge in [0.05, 0.1) is 18.2 Å². The highest BCUT2D eigenvalue weighted by Gasteiger charge is 2.24. The second-order valence-corrected chi connectivity index (χ2v) is 3.94. The third kappa shape index (κ3) is 2.39. The summed E-state index contributed by atoms with van der Waals surface area (Å²) >= 11 is 0. The molecule has 1 saturated heterocycles. The van der Waals surface area contributed by atoms with Gasteiger partial charge in [0, 0.05) is 6.54 Å². The molecule has 0 spiro atoms. The van der Waals surface area contributed by atoms with Crippen molar-refractivity contribution >= 4 is 5.91 Å². The molecule has 1 aliphatic heterocycles. The fourth-order valence-electron chi connectivity index (χ4n) is 1.82. The SMILES string of the molecule is C[C@H](NC(=O)C1CCNC1)c1ccco1. The van der Waals surface area contributed by atoms with Crippen LogP contribution in [0.2, 0.25) is 0 Å². The number of hydrogen-bond donors (Lipinski definition) is 2. The number of hydrogen-bond acceptors (Lipinski definition) is 3. The predicted molar refractivity (Wildman–Crippen MR) is 56.2 cm³/mol. The van der Waals surface area contributed by atoms with Crippen molar-refractivity contribution < 1.29 is 9.21 Å². The zero-order chi connectivity index (χ0) is 10.7. The fourth-order valence-corrected chi connectivity index (χ4v) is 1.82. The average molecular weight is 208 g/mol. The summed E-state index contributed by atoms with van der Waals surface area (Å²) in [5, 5.41) is 6.13. The van der Waals surface area contributed by atoms with Crippen molar-refractivity contribution in [1.82, 2.24) is 10.6 Å². The molecule has 82 valence electrons. The molecule has 0 aliphatic carbocycles. The lowest BCUT2D eigenvalue weighted by molar-refractivity contribution is -0.125. The molecule has 0 saturated carbocycles. The molecule has 1 aromatic heterocycles. The van der Waals surface area contributed by atoms with E-state index in [1.807, 2.05) is 19.1 Å². The van der Waals surface area contributed by atoms with Crippen molar-refractivity contribution in [3.8, 4) is 0 Å². The Balaban J connectivity index is 1.88. The first-order valence-electron chi connectivity index (χ1n) is 5.32. The van der Waals surface area contributed by atoms with Crippen LogP contribution < -0.4 is 10.6 Å². The Bertz CT molecular complexity index is 315. The van der Waals surface area contributed by atoms with Crippen LogP contribution in [0.15, 0.2) is 22.8 Å². The van der Waals surface area contributed by atoms with Gasteiger partial charge in [0.25, 0.3) is 0 Å². The van der Waals surface area contributed by atoms with E-state index in [0.29, 0.717) is 0 Å². The standard InChI is InChI=1S/C11H16N2O2/c1-8(10-3-2-6-15-10)13-11(14)9-4-5-12-7-9/h2-3,6,8-9,12H,4-5,7H2,1H3,(H,13,14)/t8-,9?/m0/s1. The van der Waals surface area contributed by atoms with E-state index in [1.165, 1.54) is 0 Å². The molecule has 1 amide bonds. The molecule has 1 unspecified atom stereocenters. The van der Waals surface area contributed by atoms with Gasteiger partial charge >= 0.3 is 0 Å². The van der Waals surface area contributed by atoms with Crippen LogP contribution in [0.1, 0.15) is 25.1 Å². The Kier molecular flexibility index (Phi) is 3.06. The van der Waals surface area contributed by atoms with Gasteiger partial charge in [-0.3, -0.25) is 4.79 Å². The van der Waals surface area contributed by atoms with Gasteiger partial charge in [-0.2, -0.15) is 0 Å². The normalized spacial score (nSPS) is 22.6. The van der Waals surface area contributed by atoms with E-state index in [1.54, 1.807) is 6.26 Å². The first-order valence-corrected chi connectivity index (χ1v) is 5.32. The minimum Gasteiger partial charge on any atom is -0.467 e. The van der Waals surface area contributed by atoms with Crippen LogP contribution in [0.3, 0.4) is 0 Å². The van der Waals surface area contributed by atoms with Crippen LogP contribution in [-0.4, -0.2) is 19.0 Å². The number of carbonyl (C=O) groups excluding carboxylic acids is 1. The maximum Gasteiger partial charge on any atom is 0.225 e. The Morgan fingerprint density at radius 2 is 2.60 bits per heavy atom. The minimum atomic E-state index is -0.0481. The Morgan fingerprint density at radius 1 is 1.73 bits per heavy atom. The van der Waals surface area contributed by atoms with E-state index < -0.39 is 0 Å².